The summed E-state index contributed by atoms with van der Waals surface area (Å²) in [6, 6.07) is 17.9. The fraction of sp³-hybridized carbons (Fsp3) is 0.261. The monoisotopic (exact) mass is 403 g/mol. The number of hydrogen-bond donors (Lipinski definition) is 2. The molecule has 0 amide bonds. The van der Waals surface area contributed by atoms with E-state index in [0.717, 1.165) is 42.1 Å². The van der Waals surface area contributed by atoms with Crippen molar-refractivity contribution in [1.82, 2.24) is 14.9 Å². The number of aromatic nitrogens is 2. The number of benzene rings is 2. The minimum Gasteiger partial charge on any atom is -0.494 e. The molecule has 7 nitrogen and oxygen atoms in total. The molecule has 0 fully saturated rings. The average Bonchev–Trinajstić information content (AvgIpc) is 2.76. The van der Waals surface area contributed by atoms with Gasteiger partial charge in [-0.05, 0) is 30.2 Å². The Kier molecular flexibility index (Phi) is 6.20. The molecule has 0 bridgehead atoms. The SMILES string of the molecule is CCOc1cccc(/C=N\Nc2nc3c(c(=O)[nH]2)CN(Cc2ccccc2)CC3)c1. The van der Waals surface area contributed by atoms with E-state index < -0.39 is 0 Å². The molecule has 30 heavy (non-hydrogen) atoms. The minimum absolute atomic E-state index is 0.117. The molecule has 1 aliphatic heterocycles. The Labute approximate surface area is 175 Å². The summed E-state index contributed by atoms with van der Waals surface area (Å²) >= 11 is 0. The first-order valence-corrected chi connectivity index (χ1v) is 10.1. The lowest BCUT2D eigenvalue weighted by Gasteiger charge is -2.27. The fourth-order valence-corrected chi connectivity index (χ4v) is 3.53. The van der Waals surface area contributed by atoms with Gasteiger partial charge in [-0.1, -0.05) is 42.5 Å². The number of rotatable bonds is 7. The lowest BCUT2D eigenvalue weighted by molar-refractivity contribution is 0.242. The molecule has 1 aliphatic rings. The Bertz CT molecular complexity index is 1080. The molecule has 0 atom stereocenters. The summed E-state index contributed by atoms with van der Waals surface area (Å²) in [5.41, 5.74) is 6.42. The predicted octanol–water partition coefficient (Wildman–Crippen LogP) is 3.17. The molecule has 0 aliphatic carbocycles. The van der Waals surface area contributed by atoms with Gasteiger partial charge in [0.1, 0.15) is 5.75 Å². The first kappa shape index (κ1) is 19.8. The van der Waals surface area contributed by atoms with Crippen molar-refractivity contribution < 1.29 is 4.74 Å². The van der Waals surface area contributed by atoms with Crippen LogP contribution >= 0.6 is 0 Å². The van der Waals surface area contributed by atoms with Gasteiger partial charge in [0.15, 0.2) is 0 Å². The molecule has 0 saturated heterocycles. The normalized spacial score (nSPS) is 13.9. The molecule has 1 aromatic heterocycles. The molecule has 2 aromatic carbocycles. The van der Waals surface area contributed by atoms with Crippen LogP contribution in [0.1, 0.15) is 29.3 Å². The van der Waals surface area contributed by atoms with Crippen LogP contribution < -0.4 is 15.7 Å². The number of hydrogen-bond acceptors (Lipinski definition) is 6. The minimum atomic E-state index is -0.117. The third-order valence-corrected chi connectivity index (χ3v) is 4.95. The number of hydrazone groups is 1. The molecule has 4 rings (SSSR count). The quantitative estimate of drug-likeness (QED) is 0.468. The number of H-pyrrole nitrogens is 1. The molecule has 0 spiro atoms. The van der Waals surface area contributed by atoms with E-state index >= 15 is 0 Å². The first-order chi connectivity index (χ1) is 14.7. The van der Waals surface area contributed by atoms with Gasteiger partial charge in [0, 0.05) is 26.1 Å². The molecule has 3 aromatic rings. The lowest BCUT2D eigenvalue weighted by atomic mass is 10.1. The van der Waals surface area contributed by atoms with Gasteiger partial charge in [-0.25, -0.2) is 10.4 Å². The molecule has 154 valence electrons. The van der Waals surface area contributed by atoms with Gasteiger partial charge in [-0.2, -0.15) is 5.10 Å². The van der Waals surface area contributed by atoms with Crippen LogP contribution in [0.2, 0.25) is 0 Å². The van der Waals surface area contributed by atoms with Gasteiger partial charge < -0.3 is 4.74 Å². The maximum Gasteiger partial charge on any atom is 0.257 e. The Morgan fingerprint density at radius 1 is 1.23 bits per heavy atom. The maximum atomic E-state index is 12.6. The molecular weight excluding hydrogens is 378 g/mol. The topological polar surface area (TPSA) is 82.6 Å². The summed E-state index contributed by atoms with van der Waals surface area (Å²) in [4.78, 5) is 22.2. The van der Waals surface area contributed by atoms with Crippen LogP contribution in [0.3, 0.4) is 0 Å². The van der Waals surface area contributed by atoms with Crippen molar-refractivity contribution in [1.29, 1.82) is 0 Å². The molecule has 2 heterocycles. The number of nitrogens with one attached hydrogen (secondary N) is 2. The first-order valence-electron chi connectivity index (χ1n) is 10.1. The number of aromatic amines is 1. The zero-order chi connectivity index (χ0) is 20.8. The van der Waals surface area contributed by atoms with Crippen molar-refractivity contribution in [2.45, 2.75) is 26.4 Å². The van der Waals surface area contributed by atoms with Crippen molar-refractivity contribution in [3.8, 4) is 5.75 Å². The van der Waals surface area contributed by atoms with Crippen LogP contribution in [0.5, 0.6) is 5.75 Å². The van der Waals surface area contributed by atoms with Crippen molar-refractivity contribution in [2.75, 3.05) is 18.6 Å². The summed E-state index contributed by atoms with van der Waals surface area (Å²) in [6.45, 7) is 4.85. The Morgan fingerprint density at radius 2 is 2.10 bits per heavy atom. The summed E-state index contributed by atoms with van der Waals surface area (Å²) in [7, 11) is 0. The fourth-order valence-electron chi connectivity index (χ4n) is 3.53. The highest BCUT2D eigenvalue weighted by atomic mass is 16.5. The van der Waals surface area contributed by atoms with E-state index in [1.807, 2.05) is 49.4 Å². The van der Waals surface area contributed by atoms with E-state index in [1.54, 1.807) is 6.21 Å². The van der Waals surface area contributed by atoms with E-state index in [4.69, 9.17) is 4.74 Å². The number of nitrogens with zero attached hydrogens (tertiary/aromatic N) is 3. The zero-order valence-corrected chi connectivity index (χ0v) is 17.0. The van der Waals surface area contributed by atoms with Gasteiger partial charge in [0.2, 0.25) is 5.95 Å². The molecule has 0 saturated carbocycles. The second-order valence-corrected chi connectivity index (χ2v) is 7.16. The second-order valence-electron chi connectivity index (χ2n) is 7.16. The van der Waals surface area contributed by atoms with E-state index in [-0.39, 0.29) is 5.56 Å². The highest BCUT2D eigenvalue weighted by Crippen LogP contribution is 2.17. The van der Waals surface area contributed by atoms with Crippen LogP contribution in [0, 0.1) is 0 Å². The van der Waals surface area contributed by atoms with Gasteiger partial charge in [-0.3, -0.25) is 14.7 Å². The van der Waals surface area contributed by atoms with Crippen LogP contribution in [0.4, 0.5) is 5.95 Å². The molecule has 0 radical (unpaired) electrons. The van der Waals surface area contributed by atoms with Crippen LogP contribution in [0.15, 0.2) is 64.5 Å². The highest BCUT2D eigenvalue weighted by molar-refractivity contribution is 5.80. The Balaban J connectivity index is 1.42. The maximum absolute atomic E-state index is 12.6. The lowest BCUT2D eigenvalue weighted by Crippen LogP contribution is -2.35. The highest BCUT2D eigenvalue weighted by Gasteiger charge is 2.21. The van der Waals surface area contributed by atoms with Crippen molar-refractivity contribution in [3.63, 3.8) is 0 Å². The van der Waals surface area contributed by atoms with Crippen LogP contribution in [-0.4, -0.2) is 34.2 Å². The van der Waals surface area contributed by atoms with E-state index in [0.29, 0.717) is 19.1 Å². The summed E-state index contributed by atoms with van der Waals surface area (Å²) in [5.74, 6) is 1.15. The van der Waals surface area contributed by atoms with Crippen molar-refractivity contribution in [3.05, 3.63) is 87.3 Å². The standard InChI is InChI=1S/C23H25N5O2/c1-2-30-19-10-6-9-18(13-19)14-24-27-23-25-21-11-12-28(16-20(21)22(29)26-23)15-17-7-4-3-5-8-17/h3-10,13-14H,2,11-12,15-16H2,1H3,(H2,25,26,27,29)/b24-14-. The van der Waals surface area contributed by atoms with Crippen LogP contribution in [0.25, 0.3) is 0 Å². The zero-order valence-electron chi connectivity index (χ0n) is 17.0. The summed E-state index contributed by atoms with van der Waals surface area (Å²) < 4.78 is 5.49. The largest absolute Gasteiger partial charge is 0.494 e. The van der Waals surface area contributed by atoms with Crippen molar-refractivity contribution >= 4 is 12.2 Å². The smallest absolute Gasteiger partial charge is 0.257 e. The number of fused-ring (bicyclic) bond motifs is 1. The van der Waals surface area contributed by atoms with E-state index in [9.17, 15) is 4.79 Å². The summed E-state index contributed by atoms with van der Waals surface area (Å²) in [5, 5.41) is 4.20. The predicted molar refractivity (Wildman–Crippen MR) is 118 cm³/mol. The molecule has 7 heteroatoms. The van der Waals surface area contributed by atoms with Gasteiger partial charge >= 0.3 is 0 Å². The number of ether oxygens (including phenoxy) is 1. The van der Waals surface area contributed by atoms with Gasteiger partial charge in [-0.15, -0.1) is 0 Å². The molecular formula is C23H25N5O2. The number of anilines is 1. The van der Waals surface area contributed by atoms with Crippen molar-refractivity contribution in [2.24, 2.45) is 5.10 Å². The Hall–Kier alpha value is -3.45. The summed E-state index contributed by atoms with van der Waals surface area (Å²) in [6.07, 6.45) is 2.41. The Morgan fingerprint density at radius 3 is 2.93 bits per heavy atom. The molecule has 2 N–H and O–H groups in total. The average molecular weight is 403 g/mol. The second kappa shape index (κ2) is 9.37. The van der Waals surface area contributed by atoms with Gasteiger partial charge in [0.25, 0.3) is 5.56 Å². The van der Waals surface area contributed by atoms with Gasteiger partial charge in [0.05, 0.1) is 24.1 Å². The van der Waals surface area contributed by atoms with E-state index in [2.05, 4.69) is 37.5 Å². The third kappa shape index (κ3) is 4.93. The van der Waals surface area contributed by atoms with E-state index in [1.165, 1.54) is 5.56 Å². The molecule has 0 unspecified atom stereocenters. The van der Waals surface area contributed by atoms with Crippen LogP contribution in [-0.2, 0) is 19.5 Å². The third-order valence-electron chi connectivity index (χ3n) is 4.95.